The maximum absolute atomic E-state index is 6.23. The van der Waals surface area contributed by atoms with Gasteiger partial charge in [0.15, 0.2) is 0 Å². The first-order valence-corrected chi connectivity index (χ1v) is 10.4. The molecule has 4 heteroatoms. The van der Waals surface area contributed by atoms with Crippen molar-refractivity contribution in [2.24, 2.45) is 22.7 Å². The molecule has 0 aromatic carbocycles. The Morgan fingerprint density at radius 3 is 1.96 bits per heavy atom. The van der Waals surface area contributed by atoms with E-state index in [0.29, 0.717) is 29.0 Å². The molecule has 0 radical (unpaired) electrons. The summed E-state index contributed by atoms with van der Waals surface area (Å²) < 4.78 is 11.6. The molecule has 0 aromatic heterocycles. The predicted octanol–water partition coefficient (Wildman–Crippen LogP) is 2.87. The highest BCUT2D eigenvalue weighted by Gasteiger charge is 2.46. The van der Waals surface area contributed by atoms with Crippen LogP contribution in [0.2, 0.25) is 0 Å². The van der Waals surface area contributed by atoms with E-state index in [1.54, 1.807) is 0 Å². The quantitative estimate of drug-likeness (QED) is 0.761. The lowest BCUT2D eigenvalue weighted by atomic mass is 9.70. The Balaban J connectivity index is 1.20. The van der Waals surface area contributed by atoms with Gasteiger partial charge in [-0.1, -0.05) is 34.6 Å². The molecule has 0 amide bonds. The molecule has 0 saturated carbocycles. The molecule has 4 rings (SSSR count). The average molecular weight is 351 g/mol. The van der Waals surface area contributed by atoms with Crippen LogP contribution >= 0.6 is 0 Å². The number of ether oxygens (including phenoxy) is 2. The Morgan fingerprint density at radius 1 is 0.800 bits per heavy atom. The zero-order valence-corrected chi connectivity index (χ0v) is 17.0. The van der Waals surface area contributed by atoms with Gasteiger partial charge in [0, 0.05) is 32.2 Å². The van der Waals surface area contributed by atoms with Crippen LogP contribution in [0.15, 0.2) is 0 Å². The summed E-state index contributed by atoms with van der Waals surface area (Å²) in [6, 6.07) is 1.38. The Bertz CT molecular complexity index is 471. The van der Waals surface area contributed by atoms with Crippen molar-refractivity contribution in [2.45, 2.75) is 65.6 Å². The number of hydrogen-bond donors (Lipinski definition) is 0. The van der Waals surface area contributed by atoms with Gasteiger partial charge in [-0.3, -0.25) is 9.80 Å². The molecular weight excluding hydrogens is 312 g/mol. The number of hydrogen-bond acceptors (Lipinski definition) is 4. The SMILES string of the molecule is CC(C)(C)C1CN([C@@H]2COC(CC(C)(C)C3CN(C4COC4)C3)C2)C1. The third-order valence-electron chi connectivity index (χ3n) is 7.62. The molecule has 0 N–H and O–H groups in total. The highest BCUT2D eigenvalue weighted by atomic mass is 16.5. The summed E-state index contributed by atoms with van der Waals surface area (Å²) in [5.74, 6) is 1.68. The van der Waals surface area contributed by atoms with Gasteiger partial charge in [-0.15, -0.1) is 0 Å². The molecule has 4 aliphatic rings. The lowest BCUT2D eigenvalue weighted by Crippen LogP contribution is -2.62. The minimum absolute atomic E-state index is 0.392. The van der Waals surface area contributed by atoms with Crippen LogP contribution in [-0.2, 0) is 9.47 Å². The fraction of sp³-hybridized carbons (Fsp3) is 1.00. The van der Waals surface area contributed by atoms with E-state index in [4.69, 9.17) is 9.47 Å². The van der Waals surface area contributed by atoms with Gasteiger partial charge >= 0.3 is 0 Å². The molecule has 2 atom stereocenters. The predicted molar refractivity (Wildman–Crippen MR) is 101 cm³/mol. The standard InChI is InChI=1S/C21H38N2O2/c1-20(2,3)15-8-22(9-15)17-6-19(25-14-17)7-21(4,5)16-10-23(11-16)18-12-24-13-18/h15-19H,6-14H2,1-5H3/t17-,19?/m0/s1. The van der Waals surface area contributed by atoms with Crippen molar-refractivity contribution in [2.75, 3.05) is 46.0 Å². The summed E-state index contributed by atoms with van der Waals surface area (Å²) in [6.07, 6.45) is 2.93. The Morgan fingerprint density at radius 2 is 1.40 bits per heavy atom. The van der Waals surface area contributed by atoms with Gasteiger partial charge in [-0.05, 0) is 35.5 Å². The van der Waals surface area contributed by atoms with Crippen LogP contribution < -0.4 is 0 Å². The third kappa shape index (κ3) is 3.65. The van der Waals surface area contributed by atoms with E-state index >= 15 is 0 Å². The maximum Gasteiger partial charge on any atom is 0.0645 e. The Labute approximate surface area is 154 Å². The summed E-state index contributed by atoms with van der Waals surface area (Å²) in [5, 5.41) is 0. The van der Waals surface area contributed by atoms with Crippen molar-refractivity contribution in [3.63, 3.8) is 0 Å². The number of nitrogens with zero attached hydrogens (tertiary/aromatic N) is 2. The second kappa shape index (κ2) is 6.47. The van der Waals surface area contributed by atoms with Gasteiger partial charge < -0.3 is 9.47 Å². The molecule has 4 nitrogen and oxygen atoms in total. The Kier molecular flexibility index (Phi) is 4.71. The molecule has 0 spiro atoms. The summed E-state index contributed by atoms with van der Waals surface area (Å²) >= 11 is 0. The van der Waals surface area contributed by atoms with Crippen molar-refractivity contribution >= 4 is 0 Å². The van der Waals surface area contributed by atoms with Gasteiger partial charge in [0.05, 0.1) is 32.0 Å². The molecule has 4 fully saturated rings. The first kappa shape index (κ1) is 18.2. The van der Waals surface area contributed by atoms with E-state index in [0.717, 1.165) is 31.7 Å². The van der Waals surface area contributed by atoms with Crippen LogP contribution in [-0.4, -0.2) is 74.0 Å². The minimum atomic E-state index is 0.392. The van der Waals surface area contributed by atoms with Crippen LogP contribution in [0, 0.1) is 22.7 Å². The van der Waals surface area contributed by atoms with Crippen LogP contribution in [0.3, 0.4) is 0 Å². The van der Waals surface area contributed by atoms with E-state index < -0.39 is 0 Å². The normalized spacial score (nSPS) is 34.0. The molecule has 0 aromatic rings. The van der Waals surface area contributed by atoms with Crippen molar-refractivity contribution in [3.8, 4) is 0 Å². The summed E-state index contributed by atoms with van der Waals surface area (Å²) in [6.45, 7) is 20.0. The topological polar surface area (TPSA) is 24.9 Å². The van der Waals surface area contributed by atoms with Crippen LogP contribution in [0.4, 0.5) is 0 Å². The largest absolute Gasteiger partial charge is 0.378 e. The van der Waals surface area contributed by atoms with E-state index in [2.05, 4.69) is 44.4 Å². The van der Waals surface area contributed by atoms with Crippen molar-refractivity contribution in [1.29, 1.82) is 0 Å². The molecule has 1 unspecified atom stereocenters. The highest BCUT2D eigenvalue weighted by molar-refractivity contribution is 4.98. The molecule has 4 saturated heterocycles. The smallest absolute Gasteiger partial charge is 0.0645 e. The zero-order chi connectivity index (χ0) is 17.8. The summed E-state index contributed by atoms with van der Waals surface area (Å²) in [7, 11) is 0. The monoisotopic (exact) mass is 350 g/mol. The summed E-state index contributed by atoms with van der Waals surface area (Å²) in [4.78, 5) is 5.28. The lowest BCUT2D eigenvalue weighted by Gasteiger charge is -2.53. The van der Waals surface area contributed by atoms with E-state index in [1.165, 1.54) is 39.0 Å². The van der Waals surface area contributed by atoms with Gasteiger partial charge in [0.2, 0.25) is 0 Å². The molecule has 4 heterocycles. The average Bonchev–Trinajstić information content (AvgIpc) is 2.73. The van der Waals surface area contributed by atoms with Crippen LogP contribution in [0.25, 0.3) is 0 Å². The van der Waals surface area contributed by atoms with Crippen molar-refractivity contribution < 1.29 is 9.47 Å². The Hall–Kier alpha value is -0.160. The molecule has 4 aliphatic heterocycles. The molecular formula is C21H38N2O2. The molecule has 0 aliphatic carbocycles. The second-order valence-corrected chi connectivity index (χ2v) is 10.9. The first-order chi connectivity index (χ1) is 11.7. The van der Waals surface area contributed by atoms with Gasteiger partial charge in [-0.25, -0.2) is 0 Å². The maximum atomic E-state index is 6.23. The van der Waals surface area contributed by atoms with Gasteiger partial charge in [-0.2, -0.15) is 0 Å². The van der Waals surface area contributed by atoms with E-state index in [9.17, 15) is 0 Å². The second-order valence-electron chi connectivity index (χ2n) is 10.9. The van der Waals surface area contributed by atoms with Gasteiger partial charge in [0.1, 0.15) is 0 Å². The van der Waals surface area contributed by atoms with Crippen molar-refractivity contribution in [3.05, 3.63) is 0 Å². The third-order valence-corrected chi connectivity index (χ3v) is 7.62. The van der Waals surface area contributed by atoms with Crippen LogP contribution in [0.1, 0.15) is 47.5 Å². The molecule has 0 bridgehead atoms. The van der Waals surface area contributed by atoms with E-state index in [1.807, 2.05) is 0 Å². The fourth-order valence-electron chi connectivity index (χ4n) is 4.93. The number of likely N-dealkylation sites (tertiary alicyclic amines) is 2. The zero-order valence-electron chi connectivity index (χ0n) is 17.0. The van der Waals surface area contributed by atoms with Crippen molar-refractivity contribution in [1.82, 2.24) is 9.80 Å². The first-order valence-electron chi connectivity index (χ1n) is 10.4. The fourth-order valence-corrected chi connectivity index (χ4v) is 4.93. The minimum Gasteiger partial charge on any atom is -0.378 e. The lowest BCUT2D eigenvalue weighted by molar-refractivity contribution is -0.124. The van der Waals surface area contributed by atoms with Crippen LogP contribution in [0.5, 0.6) is 0 Å². The van der Waals surface area contributed by atoms with Gasteiger partial charge in [0.25, 0.3) is 0 Å². The number of rotatable bonds is 5. The highest BCUT2D eigenvalue weighted by Crippen LogP contribution is 2.43. The molecule has 25 heavy (non-hydrogen) atoms. The summed E-state index contributed by atoms with van der Waals surface area (Å²) in [5.41, 5.74) is 0.850. The molecule has 144 valence electrons. The van der Waals surface area contributed by atoms with E-state index in [-0.39, 0.29) is 0 Å².